The van der Waals surface area contributed by atoms with Crippen LogP contribution in [0.4, 0.5) is 5.69 Å². The van der Waals surface area contributed by atoms with Crippen LogP contribution >= 0.6 is 0 Å². The fraction of sp³-hybridized carbons (Fsp3) is 0.571. The molecule has 0 aliphatic carbocycles. The number of piperidine rings is 1. The molecule has 1 aliphatic rings. The molecule has 0 saturated carbocycles. The van der Waals surface area contributed by atoms with Gasteiger partial charge in [-0.15, -0.1) is 0 Å². The SMILES string of the molecule is CNS(=O)(=O)c1ccccc1N1CCC(C(C)N)CC1. The highest BCUT2D eigenvalue weighted by atomic mass is 32.2. The molecule has 1 aliphatic heterocycles. The molecule has 1 unspecified atom stereocenters. The number of para-hydroxylation sites is 1. The molecule has 1 heterocycles. The standard InChI is InChI=1S/C14H23N3O2S/c1-11(15)12-7-9-17(10-8-12)13-5-3-4-6-14(13)20(18,19)16-2/h3-6,11-12,16H,7-10,15H2,1-2H3. The highest BCUT2D eigenvalue weighted by Gasteiger charge is 2.25. The monoisotopic (exact) mass is 297 g/mol. The van der Waals surface area contributed by atoms with Crippen LogP contribution in [0.15, 0.2) is 29.2 Å². The van der Waals surface area contributed by atoms with Gasteiger partial charge in [-0.3, -0.25) is 0 Å². The number of nitrogens with zero attached hydrogens (tertiary/aromatic N) is 1. The summed E-state index contributed by atoms with van der Waals surface area (Å²) < 4.78 is 26.5. The van der Waals surface area contributed by atoms with Gasteiger partial charge in [-0.25, -0.2) is 13.1 Å². The Morgan fingerprint density at radius 1 is 1.30 bits per heavy atom. The Labute approximate surface area is 121 Å². The Hall–Kier alpha value is -1.11. The minimum atomic E-state index is -3.42. The molecule has 0 amide bonds. The van der Waals surface area contributed by atoms with Gasteiger partial charge < -0.3 is 10.6 Å². The summed E-state index contributed by atoms with van der Waals surface area (Å²) in [4.78, 5) is 2.49. The lowest BCUT2D eigenvalue weighted by Gasteiger charge is -2.36. The number of benzene rings is 1. The van der Waals surface area contributed by atoms with E-state index >= 15 is 0 Å². The fourth-order valence-corrected chi connectivity index (χ4v) is 3.67. The Kier molecular flexibility index (Phi) is 4.67. The summed E-state index contributed by atoms with van der Waals surface area (Å²) in [7, 11) is -1.99. The normalized spacial score (nSPS) is 19.1. The number of anilines is 1. The van der Waals surface area contributed by atoms with Gasteiger partial charge in [-0.1, -0.05) is 12.1 Å². The van der Waals surface area contributed by atoms with Crippen molar-refractivity contribution in [2.24, 2.45) is 11.7 Å². The summed E-state index contributed by atoms with van der Waals surface area (Å²) in [5.74, 6) is 0.527. The molecular formula is C14H23N3O2S. The van der Waals surface area contributed by atoms with Crippen molar-refractivity contribution in [1.29, 1.82) is 0 Å². The lowest BCUT2D eigenvalue weighted by molar-refractivity contribution is 0.354. The summed E-state index contributed by atoms with van der Waals surface area (Å²) in [6.45, 7) is 3.74. The molecule has 6 heteroatoms. The summed E-state index contributed by atoms with van der Waals surface area (Å²) in [6.07, 6.45) is 2.01. The first kappa shape index (κ1) is 15.3. The lowest BCUT2D eigenvalue weighted by atomic mass is 9.91. The van der Waals surface area contributed by atoms with Gasteiger partial charge in [0.15, 0.2) is 0 Å². The van der Waals surface area contributed by atoms with Crippen LogP contribution in [-0.4, -0.2) is 34.6 Å². The quantitative estimate of drug-likeness (QED) is 0.874. The lowest BCUT2D eigenvalue weighted by Crippen LogP contribution is -2.40. The number of hydrogen-bond acceptors (Lipinski definition) is 4. The minimum Gasteiger partial charge on any atom is -0.370 e. The number of rotatable bonds is 4. The van der Waals surface area contributed by atoms with Crippen molar-refractivity contribution in [2.75, 3.05) is 25.0 Å². The summed E-state index contributed by atoms with van der Waals surface area (Å²) in [5.41, 5.74) is 6.73. The number of nitrogens with two attached hydrogens (primary N) is 1. The second-order valence-electron chi connectivity index (χ2n) is 5.36. The Balaban J connectivity index is 2.23. The molecule has 0 bridgehead atoms. The van der Waals surface area contributed by atoms with E-state index in [4.69, 9.17) is 5.73 Å². The van der Waals surface area contributed by atoms with Crippen LogP contribution < -0.4 is 15.4 Å². The van der Waals surface area contributed by atoms with Crippen LogP contribution in [0.2, 0.25) is 0 Å². The molecule has 2 rings (SSSR count). The van der Waals surface area contributed by atoms with Gasteiger partial charge in [-0.05, 0) is 44.9 Å². The average Bonchev–Trinajstić information content (AvgIpc) is 2.47. The molecule has 112 valence electrons. The third-order valence-electron chi connectivity index (χ3n) is 4.05. The van der Waals surface area contributed by atoms with Gasteiger partial charge in [0.1, 0.15) is 4.90 Å². The third-order valence-corrected chi connectivity index (χ3v) is 5.51. The van der Waals surface area contributed by atoms with E-state index in [0.29, 0.717) is 10.8 Å². The van der Waals surface area contributed by atoms with Crippen LogP contribution in [0.5, 0.6) is 0 Å². The molecule has 1 fully saturated rings. The molecule has 0 spiro atoms. The predicted octanol–water partition coefficient (Wildman–Crippen LogP) is 1.16. The van der Waals surface area contributed by atoms with E-state index in [1.807, 2.05) is 19.1 Å². The van der Waals surface area contributed by atoms with Gasteiger partial charge in [0.25, 0.3) is 0 Å². The van der Waals surface area contributed by atoms with Crippen LogP contribution in [0.1, 0.15) is 19.8 Å². The molecule has 0 aromatic heterocycles. The maximum absolute atomic E-state index is 12.1. The third kappa shape index (κ3) is 3.13. The van der Waals surface area contributed by atoms with Crippen LogP contribution in [0.3, 0.4) is 0 Å². The van der Waals surface area contributed by atoms with Gasteiger partial charge in [-0.2, -0.15) is 0 Å². The first-order valence-electron chi connectivity index (χ1n) is 6.99. The second kappa shape index (κ2) is 6.11. The predicted molar refractivity (Wildman–Crippen MR) is 81.3 cm³/mol. The van der Waals surface area contributed by atoms with Gasteiger partial charge >= 0.3 is 0 Å². The Morgan fingerprint density at radius 3 is 2.45 bits per heavy atom. The molecule has 1 aromatic carbocycles. The number of nitrogens with one attached hydrogen (secondary N) is 1. The zero-order valence-electron chi connectivity index (χ0n) is 12.0. The smallest absolute Gasteiger partial charge is 0.242 e. The molecule has 20 heavy (non-hydrogen) atoms. The highest BCUT2D eigenvalue weighted by molar-refractivity contribution is 7.89. The van der Waals surface area contributed by atoms with E-state index in [9.17, 15) is 8.42 Å². The topological polar surface area (TPSA) is 75.4 Å². The number of sulfonamides is 1. The first-order valence-corrected chi connectivity index (χ1v) is 8.47. The maximum Gasteiger partial charge on any atom is 0.242 e. The molecule has 1 aromatic rings. The Morgan fingerprint density at radius 2 is 1.90 bits per heavy atom. The van der Waals surface area contributed by atoms with Crippen molar-refractivity contribution < 1.29 is 8.42 Å². The molecule has 3 N–H and O–H groups in total. The summed E-state index contributed by atoms with van der Waals surface area (Å²) >= 11 is 0. The van der Waals surface area contributed by atoms with Crippen molar-refractivity contribution in [2.45, 2.75) is 30.7 Å². The largest absolute Gasteiger partial charge is 0.370 e. The van der Waals surface area contributed by atoms with E-state index in [0.717, 1.165) is 31.6 Å². The van der Waals surface area contributed by atoms with Crippen molar-refractivity contribution >= 4 is 15.7 Å². The van der Waals surface area contributed by atoms with E-state index < -0.39 is 10.0 Å². The molecule has 0 radical (unpaired) electrons. The first-order chi connectivity index (χ1) is 9.45. The van der Waals surface area contributed by atoms with Gasteiger partial charge in [0.2, 0.25) is 10.0 Å². The molecule has 5 nitrogen and oxygen atoms in total. The maximum atomic E-state index is 12.1. The van der Waals surface area contributed by atoms with Crippen LogP contribution in [-0.2, 0) is 10.0 Å². The average molecular weight is 297 g/mol. The summed E-state index contributed by atoms with van der Waals surface area (Å²) in [6, 6.07) is 7.35. The van der Waals surface area contributed by atoms with E-state index in [1.165, 1.54) is 7.05 Å². The van der Waals surface area contributed by atoms with E-state index in [2.05, 4.69) is 9.62 Å². The Bertz CT molecular complexity index is 549. The van der Waals surface area contributed by atoms with Crippen LogP contribution in [0, 0.1) is 5.92 Å². The van der Waals surface area contributed by atoms with Crippen molar-refractivity contribution in [3.05, 3.63) is 24.3 Å². The molecular weight excluding hydrogens is 274 g/mol. The van der Waals surface area contributed by atoms with Crippen molar-refractivity contribution in [3.8, 4) is 0 Å². The second-order valence-corrected chi connectivity index (χ2v) is 7.21. The number of hydrogen-bond donors (Lipinski definition) is 2. The zero-order chi connectivity index (χ0) is 14.8. The fourth-order valence-electron chi connectivity index (χ4n) is 2.72. The highest BCUT2D eigenvalue weighted by Crippen LogP contribution is 2.29. The van der Waals surface area contributed by atoms with E-state index in [-0.39, 0.29) is 6.04 Å². The summed E-state index contributed by atoms with van der Waals surface area (Å²) in [5, 5.41) is 0. The van der Waals surface area contributed by atoms with Gasteiger partial charge in [0, 0.05) is 19.1 Å². The zero-order valence-corrected chi connectivity index (χ0v) is 12.9. The molecule has 1 atom stereocenters. The minimum absolute atomic E-state index is 0.202. The van der Waals surface area contributed by atoms with Crippen molar-refractivity contribution in [3.63, 3.8) is 0 Å². The van der Waals surface area contributed by atoms with Crippen molar-refractivity contribution in [1.82, 2.24) is 4.72 Å². The van der Waals surface area contributed by atoms with Crippen LogP contribution in [0.25, 0.3) is 0 Å². The van der Waals surface area contributed by atoms with Gasteiger partial charge in [0.05, 0.1) is 5.69 Å². The molecule has 1 saturated heterocycles. The van der Waals surface area contributed by atoms with E-state index in [1.54, 1.807) is 12.1 Å².